The first-order valence-corrected chi connectivity index (χ1v) is 26.1. The van der Waals surface area contributed by atoms with E-state index in [1.165, 1.54) is 19.3 Å². The molecule has 0 heterocycles. The van der Waals surface area contributed by atoms with Crippen molar-refractivity contribution in [3.63, 3.8) is 0 Å². The summed E-state index contributed by atoms with van der Waals surface area (Å²) in [6.07, 6.45) is 47.2. The van der Waals surface area contributed by atoms with E-state index in [-0.39, 0.29) is 12.8 Å². The van der Waals surface area contributed by atoms with E-state index in [4.69, 9.17) is 23.8 Å². The molecule has 0 bridgehead atoms. The summed E-state index contributed by atoms with van der Waals surface area (Å²) >= 11 is 0. The van der Waals surface area contributed by atoms with Crippen molar-refractivity contribution in [2.45, 2.75) is 167 Å². The Labute approximate surface area is 383 Å². The van der Waals surface area contributed by atoms with Gasteiger partial charge in [0.15, 0.2) is 6.10 Å². The van der Waals surface area contributed by atoms with Crippen LogP contribution in [0.4, 0.5) is 0 Å². The van der Waals surface area contributed by atoms with Gasteiger partial charge in [0.25, 0.3) is 0 Å². The molecular weight excluding hydrogens is 862 g/mol. The van der Waals surface area contributed by atoms with Crippen LogP contribution in [0.3, 0.4) is 0 Å². The van der Waals surface area contributed by atoms with E-state index in [9.17, 15) is 33.8 Å². The Bertz CT molecular complexity index is 1510. The molecular formula is C48H80O14P2. The van der Waals surface area contributed by atoms with E-state index in [1.54, 1.807) is 6.08 Å². The molecule has 0 spiro atoms. The molecule has 16 heteroatoms. The molecule has 0 aromatic rings. The number of rotatable bonds is 42. The van der Waals surface area contributed by atoms with Crippen molar-refractivity contribution in [3.8, 4) is 0 Å². The lowest BCUT2D eigenvalue weighted by Crippen LogP contribution is -2.29. The standard InChI is InChI=1S/C48H80O14P2/c1-3-5-7-8-9-10-11-12-13-14-15-16-17-18-21-24-27-30-34-38-47(51)58-42-46(43-61-64(56,57)60-41-45(50)40-59-63(53,54)55)62-48(52)39-35-31-28-25-22-19-20-23-26-29-33-37-44(49)36-32-6-4-2/h9-10,12-13,15-16,18-21,25-26,28-29,33,37,44-46,49-50H,3-8,11,14,17,22-24,27,30-32,34-36,38-43H2,1-2H3,(H,56,57)(H2,53,54,55)/b10-9-,13-12-,16-15-,20-19-,21-18-,28-25-,29-26-,37-33+/t44-,45-,46+/m0/s1. The van der Waals surface area contributed by atoms with Gasteiger partial charge in [-0.2, -0.15) is 0 Å². The molecule has 1 unspecified atom stereocenters. The predicted octanol–water partition coefficient (Wildman–Crippen LogP) is 11.1. The monoisotopic (exact) mass is 943 g/mol. The van der Waals surface area contributed by atoms with Gasteiger partial charge in [-0.05, 0) is 83.5 Å². The van der Waals surface area contributed by atoms with Gasteiger partial charge >= 0.3 is 27.6 Å². The molecule has 0 saturated carbocycles. The van der Waals surface area contributed by atoms with Gasteiger partial charge in [-0.15, -0.1) is 0 Å². The minimum atomic E-state index is -4.88. The average molecular weight is 943 g/mol. The minimum absolute atomic E-state index is 0.0225. The van der Waals surface area contributed by atoms with Crippen LogP contribution < -0.4 is 0 Å². The van der Waals surface area contributed by atoms with E-state index in [0.29, 0.717) is 19.3 Å². The topological polar surface area (TPSA) is 216 Å². The second-order valence-electron chi connectivity index (χ2n) is 15.2. The van der Waals surface area contributed by atoms with Crippen molar-refractivity contribution in [2.24, 2.45) is 0 Å². The fourth-order valence-electron chi connectivity index (χ4n) is 5.49. The zero-order chi connectivity index (χ0) is 47.4. The number of allylic oxidation sites excluding steroid dienone is 15. The number of hydrogen-bond acceptors (Lipinski definition) is 11. The number of aliphatic hydroxyl groups is 2. The van der Waals surface area contributed by atoms with Gasteiger partial charge in [-0.3, -0.25) is 23.2 Å². The zero-order valence-corrected chi connectivity index (χ0v) is 40.2. The highest BCUT2D eigenvalue weighted by Crippen LogP contribution is 2.43. The number of hydrogen-bond donors (Lipinski definition) is 5. The normalized spacial score (nSPS) is 15.3. The number of phosphoric ester groups is 2. The Morgan fingerprint density at radius 3 is 1.58 bits per heavy atom. The SMILES string of the molecule is CCCCC/C=C\C/C=C\C/C=C\C/C=C\CCCCCC(=O)OC[C@H](COP(=O)(O)OC[C@@H](O)COP(=O)(O)O)OC(=O)CCC/C=C\C/C=C\C/C=C\C=C\[C@@H](O)CCCCC. The molecule has 0 fully saturated rings. The summed E-state index contributed by atoms with van der Waals surface area (Å²) in [6.45, 7) is 1.48. The highest BCUT2D eigenvalue weighted by Gasteiger charge is 2.28. The summed E-state index contributed by atoms with van der Waals surface area (Å²) in [5.41, 5.74) is 0. The maximum absolute atomic E-state index is 12.7. The number of carbonyl (C=O) groups excluding carboxylic acids is 2. The summed E-state index contributed by atoms with van der Waals surface area (Å²) < 4.78 is 47.7. The fourth-order valence-corrected chi connectivity index (χ4v) is 6.65. The summed E-state index contributed by atoms with van der Waals surface area (Å²) in [4.78, 5) is 52.7. The average Bonchev–Trinajstić information content (AvgIpc) is 3.25. The Morgan fingerprint density at radius 2 is 1.00 bits per heavy atom. The van der Waals surface area contributed by atoms with Crippen LogP contribution in [0.5, 0.6) is 0 Å². The van der Waals surface area contributed by atoms with Crippen LogP contribution in [0.15, 0.2) is 97.2 Å². The molecule has 0 amide bonds. The van der Waals surface area contributed by atoms with Gasteiger partial charge in [-0.1, -0.05) is 150 Å². The molecule has 64 heavy (non-hydrogen) atoms. The third-order valence-corrected chi connectivity index (χ3v) is 10.5. The lowest BCUT2D eigenvalue weighted by Gasteiger charge is -2.20. The molecule has 0 radical (unpaired) electrons. The molecule has 4 atom stereocenters. The minimum Gasteiger partial charge on any atom is -0.462 e. The van der Waals surface area contributed by atoms with E-state index >= 15 is 0 Å². The van der Waals surface area contributed by atoms with Gasteiger partial charge in [0.1, 0.15) is 12.7 Å². The van der Waals surface area contributed by atoms with Crippen LogP contribution in [-0.2, 0) is 41.8 Å². The first-order valence-electron chi connectivity index (χ1n) is 23.0. The van der Waals surface area contributed by atoms with Gasteiger partial charge in [0.2, 0.25) is 0 Å². The highest BCUT2D eigenvalue weighted by molar-refractivity contribution is 7.47. The van der Waals surface area contributed by atoms with Crippen LogP contribution in [0.25, 0.3) is 0 Å². The van der Waals surface area contributed by atoms with E-state index in [1.807, 2.05) is 42.5 Å². The maximum Gasteiger partial charge on any atom is 0.472 e. The second-order valence-corrected chi connectivity index (χ2v) is 17.9. The number of ether oxygens (including phenoxy) is 2. The number of unbranched alkanes of at least 4 members (excludes halogenated alkanes) is 9. The van der Waals surface area contributed by atoms with Crippen molar-refractivity contribution < 1.29 is 66.7 Å². The zero-order valence-electron chi connectivity index (χ0n) is 38.5. The molecule has 366 valence electrons. The fraction of sp³-hybridized carbons (Fsp3) is 0.625. The number of carbonyl (C=O) groups is 2. The Balaban J connectivity index is 4.70. The van der Waals surface area contributed by atoms with E-state index < -0.39 is 72.3 Å². The lowest BCUT2D eigenvalue weighted by molar-refractivity contribution is -0.161. The molecule has 0 aliphatic rings. The highest BCUT2D eigenvalue weighted by atomic mass is 31.2. The number of aliphatic hydroxyl groups excluding tert-OH is 2. The molecule has 14 nitrogen and oxygen atoms in total. The quantitative estimate of drug-likeness (QED) is 0.0127. The van der Waals surface area contributed by atoms with Crippen LogP contribution >= 0.6 is 15.6 Å². The van der Waals surface area contributed by atoms with Crippen LogP contribution in [0.2, 0.25) is 0 Å². The van der Waals surface area contributed by atoms with Gasteiger partial charge in [0.05, 0.1) is 25.9 Å². The first-order chi connectivity index (χ1) is 30.8. The third kappa shape index (κ3) is 45.6. The molecule has 5 N–H and O–H groups in total. The Morgan fingerprint density at radius 1 is 0.516 bits per heavy atom. The molecule has 0 saturated heterocycles. The number of esters is 2. The van der Waals surface area contributed by atoms with Gasteiger partial charge < -0.3 is 34.4 Å². The summed E-state index contributed by atoms with van der Waals surface area (Å²) in [5, 5.41) is 19.7. The molecule has 0 aliphatic heterocycles. The summed E-state index contributed by atoms with van der Waals surface area (Å²) in [5.74, 6) is -1.17. The molecule has 0 aliphatic carbocycles. The lowest BCUT2D eigenvalue weighted by atomic mass is 10.1. The van der Waals surface area contributed by atoms with Crippen LogP contribution in [0, 0.1) is 0 Å². The summed E-state index contributed by atoms with van der Waals surface area (Å²) in [6, 6.07) is 0. The molecule has 0 aromatic carbocycles. The van der Waals surface area contributed by atoms with Crippen LogP contribution in [0.1, 0.15) is 149 Å². The smallest absolute Gasteiger partial charge is 0.462 e. The van der Waals surface area contributed by atoms with Crippen LogP contribution in [-0.4, -0.2) is 81.6 Å². The summed E-state index contributed by atoms with van der Waals surface area (Å²) in [7, 11) is -9.73. The largest absolute Gasteiger partial charge is 0.472 e. The maximum atomic E-state index is 12.7. The van der Waals surface area contributed by atoms with Crippen molar-refractivity contribution in [1.29, 1.82) is 0 Å². The first kappa shape index (κ1) is 61.0. The van der Waals surface area contributed by atoms with E-state index in [2.05, 4.69) is 71.5 Å². The second kappa shape index (κ2) is 42.6. The van der Waals surface area contributed by atoms with Crippen molar-refractivity contribution >= 4 is 27.6 Å². The van der Waals surface area contributed by atoms with Crippen molar-refractivity contribution in [3.05, 3.63) is 97.2 Å². The van der Waals surface area contributed by atoms with Gasteiger partial charge in [-0.25, -0.2) is 9.13 Å². The third-order valence-electron chi connectivity index (χ3n) is 9.04. The molecule has 0 rings (SSSR count). The van der Waals surface area contributed by atoms with Crippen molar-refractivity contribution in [2.75, 3.05) is 26.4 Å². The van der Waals surface area contributed by atoms with E-state index in [0.717, 1.165) is 83.5 Å². The van der Waals surface area contributed by atoms with Crippen molar-refractivity contribution in [1.82, 2.24) is 0 Å². The predicted molar refractivity (Wildman–Crippen MR) is 254 cm³/mol. The Kier molecular flexibility index (Phi) is 40.6. The Hall–Kier alpha value is -3.00. The van der Waals surface area contributed by atoms with Gasteiger partial charge in [0, 0.05) is 12.8 Å². The molecule has 0 aromatic heterocycles. The number of phosphoric acid groups is 2.